The number of esters is 2. The van der Waals surface area contributed by atoms with E-state index in [1.807, 2.05) is 0 Å². The van der Waals surface area contributed by atoms with Crippen molar-refractivity contribution in [1.82, 2.24) is 4.72 Å². The van der Waals surface area contributed by atoms with E-state index in [4.69, 9.17) is 4.74 Å². The third kappa shape index (κ3) is 8.55. The van der Waals surface area contributed by atoms with E-state index in [0.717, 1.165) is 0 Å². The standard InChI is InChI=1S/C11H21NO6S/c1-6-17-9(13)7-19(15,16)12-8(2)10(14)18-11(3,4)5/h8,12H,6-7H2,1-5H3/t8-/m1/s1. The van der Waals surface area contributed by atoms with Crippen LogP contribution in [0.5, 0.6) is 0 Å². The molecular weight excluding hydrogens is 274 g/mol. The number of hydrogen-bond acceptors (Lipinski definition) is 6. The van der Waals surface area contributed by atoms with Crippen LogP contribution in [0.3, 0.4) is 0 Å². The number of carbonyl (C=O) groups is 2. The quantitative estimate of drug-likeness (QED) is 0.703. The Hall–Kier alpha value is -1.15. The maximum Gasteiger partial charge on any atom is 0.324 e. The Morgan fingerprint density at radius 2 is 1.79 bits per heavy atom. The molecule has 0 heterocycles. The molecule has 0 amide bonds. The molecule has 0 radical (unpaired) electrons. The molecule has 0 aliphatic heterocycles. The van der Waals surface area contributed by atoms with Gasteiger partial charge in [0.1, 0.15) is 11.6 Å². The van der Waals surface area contributed by atoms with Crippen molar-refractivity contribution >= 4 is 22.0 Å². The maximum absolute atomic E-state index is 11.6. The first kappa shape index (κ1) is 17.8. The minimum absolute atomic E-state index is 0.0932. The van der Waals surface area contributed by atoms with Gasteiger partial charge >= 0.3 is 11.9 Å². The van der Waals surface area contributed by atoms with Crippen LogP contribution in [0.15, 0.2) is 0 Å². The zero-order chi connectivity index (χ0) is 15.3. The first-order chi connectivity index (χ1) is 8.47. The maximum atomic E-state index is 11.6. The first-order valence-corrected chi connectivity index (χ1v) is 7.50. The second kappa shape index (κ2) is 6.85. The molecule has 0 spiro atoms. The molecule has 19 heavy (non-hydrogen) atoms. The van der Waals surface area contributed by atoms with Gasteiger partial charge in [-0.1, -0.05) is 0 Å². The van der Waals surface area contributed by atoms with Crippen LogP contribution in [0.4, 0.5) is 0 Å². The fourth-order valence-electron chi connectivity index (χ4n) is 1.11. The molecule has 0 aromatic rings. The Labute approximate surface area is 113 Å². The minimum atomic E-state index is -3.93. The van der Waals surface area contributed by atoms with E-state index in [2.05, 4.69) is 9.46 Å². The third-order valence-electron chi connectivity index (χ3n) is 1.73. The minimum Gasteiger partial charge on any atom is -0.465 e. The molecule has 0 aliphatic carbocycles. The summed E-state index contributed by atoms with van der Waals surface area (Å²) < 4.78 is 34.8. The molecule has 0 aromatic carbocycles. The molecule has 1 atom stereocenters. The van der Waals surface area contributed by atoms with Gasteiger partial charge in [-0.3, -0.25) is 9.59 Å². The van der Waals surface area contributed by atoms with Crippen molar-refractivity contribution in [2.75, 3.05) is 12.4 Å². The fourth-order valence-corrected chi connectivity index (χ4v) is 2.22. The highest BCUT2D eigenvalue weighted by atomic mass is 32.2. The summed E-state index contributed by atoms with van der Waals surface area (Å²) in [5.41, 5.74) is -0.710. The predicted molar refractivity (Wildman–Crippen MR) is 68.9 cm³/mol. The Morgan fingerprint density at radius 1 is 1.26 bits per heavy atom. The molecule has 0 rings (SSSR count). The van der Waals surface area contributed by atoms with Gasteiger partial charge in [0.25, 0.3) is 0 Å². The highest BCUT2D eigenvalue weighted by Gasteiger charge is 2.27. The second-order valence-electron chi connectivity index (χ2n) is 4.94. The van der Waals surface area contributed by atoms with Gasteiger partial charge in [-0.05, 0) is 34.6 Å². The summed E-state index contributed by atoms with van der Waals surface area (Å²) in [5.74, 6) is -2.40. The highest BCUT2D eigenvalue weighted by Crippen LogP contribution is 2.08. The van der Waals surface area contributed by atoms with Crippen LogP contribution in [0, 0.1) is 0 Å². The lowest BCUT2D eigenvalue weighted by atomic mass is 10.2. The molecular formula is C11H21NO6S. The zero-order valence-electron chi connectivity index (χ0n) is 11.8. The molecule has 0 aliphatic rings. The van der Waals surface area contributed by atoms with Crippen LogP contribution >= 0.6 is 0 Å². The van der Waals surface area contributed by atoms with Crippen LogP contribution in [0.1, 0.15) is 34.6 Å². The Kier molecular flexibility index (Phi) is 6.44. The van der Waals surface area contributed by atoms with E-state index < -0.39 is 39.4 Å². The van der Waals surface area contributed by atoms with Crippen molar-refractivity contribution in [2.24, 2.45) is 0 Å². The average Bonchev–Trinajstić information content (AvgIpc) is 2.12. The van der Waals surface area contributed by atoms with Crippen molar-refractivity contribution in [3.8, 4) is 0 Å². The van der Waals surface area contributed by atoms with Crippen molar-refractivity contribution in [3.05, 3.63) is 0 Å². The van der Waals surface area contributed by atoms with E-state index in [9.17, 15) is 18.0 Å². The molecule has 1 N–H and O–H groups in total. The normalized spacial score (nSPS) is 13.7. The van der Waals surface area contributed by atoms with Gasteiger partial charge in [0, 0.05) is 0 Å². The summed E-state index contributed by atoms with van der Waals surface area (Å²) in [6, 6.07) is -1.07. The Balaban J connectivity index is 4.50. The number of hydrogen-bond donors (Lipinski definition) is 1. The molecule has 0 saturated carbocycles. The Bertz CT molecular complexity index is 423. The first-order valence-electron chi connectivity index (χ1n) is 5.85. The molecule has 8 heteroatoms. The molecule has 112 valence electrons. The largest absolute Gasteiger partial charge is 0.465 e. The van der Waals surface area contributed by atoms with Crippen LogP contribution in [0.25, 0.3) is 0 Å². The van der Waals surface area contributed by atoms with Crippen LogP contribution in [-0.2, 0) is 29.1 Å². The van der Waals surface area contributed by atoms with E-state index in [1.54, 1.807) is 27.7 Å². The summed E-state index contributed by atoms with van der Waals surface area (Å²) in [7, 11) is -3.93. The second-order valence-corrected chi connectivity index (χ2v) is 6.69. The SMILES string of the molecule is CCOC(=O)CS(=O)(=O)N[C@H](C)C(=O)OC(C)(C)C. The van der Waals surface area contributed by atoms with E-state index in [0.29, 0.717) is 0 Å². The topological polar surface area (TPSA) is 98.8 Å². The smallest absolute Gasteiger partial charge is 0.324 e. The lowest BCUT2D eigenvalue weighted by Crippen LogP contribution is -2.44. The highest BCUT2D eigenvalue weighted by molar-refractivity contribution is 7.90. The summed E-state index contributed by atoms with van der Waals surface area (Å²) in [4.78, 5) is 22.7. The van der Waals surface area contributed by atoms with Crippen molar-refractivity contribution in [2.45, 2.75) is 46.3 Å². The van der Waals surface area contributed by atoms with Gasteiger partial charge in [-0.25, -0.2) is 13.1 Å². The van der Waals surface area contributed by atoms with Crippen molar-refractivity contribution in [1.29, 1.82) is 0 Å². The van der Waals surface area contributed by atoms with E-state index >= 15 is 0 Å². The molecule has 0 saturated heterocycles. The molecule has 0 unspecified atom stereocenters. The number of carbonyl (C=O) groups excluding carboxylic acids is 2. The van der Waals surface area contributed by atoms with Crippen molar-refractivity contribution < 1.29 is 27.5 Å². The van der Waals surface area contributed by atoms with Gasteiger partial charge < -0.3 is 9.47 Å². The number of sulfonamides is 1. The Morgan fingerprint density at radius 3 is 2.21 bits per heavy atom. The van der Waals surface area contributed by atoms with E-state index in [-0.39, 0.29) is 6.61 Å². The van der Waals surface area contributed by atoms with Gasteiger partial charge in [0.15, 0.2) is 5.75 Å². The fraction of sp³-hybridized carbons (Fsp3) is 0.818. The lowest BCUT2D eigenvalue weighted by Gasteiger charge is -2.22. The molecule has 0 bridgehead atoms. The van der Waals surface area contributed by atoms with Crippen LogP contribution in [0.2, 0.25) is 0 Å². The number of nitrogens with one attached hydrogen (secondary N) is 1. The van der Waals surface area contributed by atoms with Gasteiger partial charge in [-0.15, -0.1) is 0 Å². The van der Waals surface area contributed by atoms with Gasteiger partial charge in [0.2, 0.25) is 10.0 Å². The van der Waals surface area contributed by atoms with Crippen LogP contribution in [-0.4, -0.2) is 44.4 Å². The lowest BCUT2D eigenvalue weighted by molar-refractivity contribution is -0.156. The third-order valence-corrected chi connectivity index (χ3v) is 3.06. The van der Waals surface area contributed by atoms with E-state index in [1.165, 1.54) is 6.92 Å². The molecule has 0 fully saturated rings. The van der Waals surface area contributed by atoms with Crippen LogP contribution < -0.4 is 4.72 Å². The number of rotatable bonds is 6. The van der Waals surface area contributed by atoms with Gasteiger partial charge in [-0.2, -0.15) is 0 Å². The molecule has 0 aromatic heterocycles. The average molecular weight is 295 g/mol. The predicted octanol–water partition coefficient (Wildman–Crippen LogP) is 0.199. The summed E-state index contributed by atoms with van der Waals surface area (Å²) in [6.45, 7) is 8.02. The summed E-state index contributed by atoms with van der Waals surface area (Å²) in [5, 5.41) is 0. The van der Waals surface area contributed by atoms with Gasteiger partial charge in [0.05, 0.1) is 6.61 Å². The summed E-state index contributed by atoms with van der Waals surface area (Å²) in [6.07, 6.45) is 0. The van der Waals surface area contributed by atoms with Crippen molar-refractivity contribution in [3.63, 3.8) is 0 Å². The number of ether oxygens (including phenoxy) is 2. The monoisotopic (exact) mass is 295 g/mol. The zero-order valence-corrected chi connectivity index (χ0v) is 12.7. The molecule has 7 nitrogen and oxygen atoms in total. The summed E-state index contributed by atoms with van der Waals surface area (Å²) >= 11 is 0.